The Labute approximate surface area is 109 Å². The van der Waals surface area contributed by atoms with E-state index < -0.39 is 44.4 Å². The summed E-state index contributed by atoms with van der Waals surface area (Å²) in [5.41, 5.74) is -7.33. The second-order valence-corrected chi connectivity index (χ2v) is 4.84. The van der Waals surface area contributed by atoms with E-state index in [1.54, 1.807) is 0 Å². The van der Waals surface area contributed by atoms with Crippen molar-refractivity contribution >= 4 is 22.1 Å². The largest absolute Gasteiger partial charge is 0.534 e. The molecule has 0 heterocycles. The predicted molar refractivity (Wildman–Crippen MR) is 56.0 cm³/mol. The Kier molecular flexibility index (Phi) is 3.94. The molecule has 0 aliphatic heterocycles. The molecule has 0 atom stereocenters. The van der Waals surface area contributed by atoms with Gasteiger partial charge < -0.3 is 14.4 Å². The van der Waals surface area contributed by atoms with E-state index in [4.69, 9.17) is 10.2 Å². The van der Waals surface area contributed by atoms with Crippen LogP contribution < -0.4 is 4.18 Å². The molecule has 0 radical (unpaired) electrons. The van der Waals surface area contributed by atoms with E-state index in [-0.39, 0.29) is 0 Å². The van der Waals surface area contributed by atoms with Crippen LogP contribution >= 0.6 is 0 Å². The van der Waals surface area contributed by atoms with Gasteiger partial charge in [0.25, 0.3) is 0 Å². The zero-order chi connectivity index (χ0) is 15.7. The highest BCUT2D eigenvalue weighted by Gasteiger charge is 2.48. The summed E-state index contributed by atoms with van der Waals surface area (Å²) in [6.45, 7) is 0. The van der Waals surface area contributed by atoms with Crippen LogP contribution in [0.4, 0.5) is 13.2 Å². The average molecular weight is 314 g/mol. The fraction of sp³-hybridized carbons (Fsp3) is 0.111. The van der Waals surface area contributed by atoms with Gasteiger partial charge in [-0.3, -0.25) is 0 Å². The van der Waals surface area contributed by atoms with Crippen molar-refractivity contribution < 1.29 is 45.6 Å². The summed E-state index contributed by atoms with van der Waals surface area (Å²) in [7, 11) is -5.97. The van der Waals surface area contributed by atoms with Crippen molar-refractivity contribution in [2.75, 3.05) is 0 Å². The van der Waals surface area contributed by atoms with Gasteiger partial charge in [0, 0.05) is 0 Å². The Hall–Kier alpha value is -2.30. The molecule has 0 aliphatic carbocycles. The number of rotatable bonds is 4. The van der Waals surface area contributed by atoms with Gasteiger partial charge in [-0.15, -0.1) is 0 Å². The minimum absolute atomic E-state index is 0.370. The van der Waals surface area contributed by atoms with Crippen molar-refractivity contribution in [3.63, 3.8) is 0 Å². The zero-order valence-corrected chi connectivity index (χ0v) is 10.0. The van der Waals surface area contributed by atoms with Crippen LogP contribution in [-0.2, 0) is 10.1 Å². The molecular formula is C9H5F3O7S. The van der Waals surface area contributed by atoms with Crippen LogP contribution in [0.2, 0.25) is 0 Å². The normalized spacial score (nSPS) is 11.9. The van der Waals surface area contributed by atoms with Gasteiger partial charge in [0.2, 0.25) is 0 Å². The predicted octanol–water partition coefficient (Wildman–Crippen LogP) is 1.31. The number of hydrogen-bond acceptors (Lipinski definition) is 5. The van der Waals surface area contributed by atoms with Crippen LogP contribution in [0.25, 0.3) is 0 Å². The van der Waals surface area contributed by atoms with E-state index in [1.807, 2.05) is 0 Å². The maximum absolute atomic E-state index is 12.1. The van der Waals surface area contributed by atoms with Gasteiger partial charge in [0.15, 0.2) is 0 Å². The number of alkyl halides is 3. The van der Waals surface area contributed by atoms with E-state index >= 15 is 0 Å². The molecule has 1 rings (SSSR count). The fourth-order valence-electron chi connectivity index (χ4n) is 1.11. The number of halogens is 3. The van der Waals surface area contributed by atoms with E-state index in [9.17, 15) is 31.2 Å². The highest BCUT2D eigenvalue weighted by Crippen LogP contribution is 2.28. The number of benzene rings is 1. The van der Waals surface area contributed by atoms with Crippen LogP contribution in [-0.4, -0.2) is 36.1 Å². The van der Waals surface area contributed by atoms with Crippen molar-refractivity contribution in [3.8, 4) is 5.75 Å². The molecule has 0 unspecified atom stereocenters. The van der Waals surface area contributed by atoms with Gasteiger partial charge in [-0.25, -0.2) is 9.59 Å². The summed E-state index contributed by atoms with van der Waals surface area (Å²) in [5.74, 6) is -4.38. The topological polar surface area (TPSA) is 118 Å². The molecule has 1 aromatic carbocycles. The first-order valence-corrected chi connectivity index (χ1v) is 5.98. The molecular weight excluding hydrogens is 309 g/mol. The minimum Gasteiger partial charge on any atom is -0.478 e. The summed E-state index contributed by atoms with van der Waals surface area (Å²) in [6.07, 6.45) is 0. The van der Waals surface area contributed by atoms with E-state index in [0.29, 0.717) is 18.2 Å². The quantitative estimate of drug-likeness (QED) is 0.635. The smallest absolute Gasteiger partial charge is 0.478 e. The molecule has 0 saturated heterocycles. The van der Waals surface area contributed by atoms with Crippen LogP contribution in [0.15, 0.2) is 18.2 Å². The lowest BCUT2D eigenvalue weighted by Gasteiger charge is -2.10. The molecule has 0 aliphatic rings. The van der Waals surface area contributed by atoms with Gasteiger partial charge in [0.05, 0.1) is 11.1 Å². The standard InChI is InChI=1S/C9H5F3O7S/c10-9(11,12)20(17,18)19-4-1-2-5(7(13)14)6(3-4)8(15)16/h1-3H,(H,13,14)(H,15,16). The highest BCUT2D eigenvalue weighted by molar-refractivity contribution is 7.88. The third kappa shape index (κ3) is 3.17. The van der Waals surface area contributed by atoms with Crippen LogP contribution in [0.5, 0.6) is 5.75 Å². The Morgan fingerprint density at radius 2 is 1.55 bits per heavy atom. The van der Waals surface area contributed by atoms with Crippen molar-refractivity contribution in [1.29, 1.82) is 0 Å². The highest BCUT2D eigenvalue weighted by atomic mass is 32.2. The average Bonchev–Trinajstić information content (AvgIpc) is 2.26. The van der Waals surface area contributed by atoms with Crippen LogP contribution in [0.3, 0.4) is 0 Å². The summed E-state index contributed by atoms with van der Waals surface area (Å²) >= 11 is 0. The Balaban J connectivity index is 3.28. The summed E-state index contributed by atoms with van der Waals surface area (Å²) in [4.78, 5) is 21.4. The second kappa shape index (κ2) is 5.00. The number of carboxylic acids is 2. The summed E-state index contributed by atoms with van der Waals surface area (Å²) in [6, 6.07) is 1.58. The molecule has 0 bridgehead atoms. The molecule has 0 saturated carbocycles. The number of aromatic carboxylic acids is 2. The Bertz CT molecular complexity index is 663. The molecule has 0 spiro atoms. The van der Waals surface area contributed by atoms with Crippen molar-refractivity contribution in [2.24, 2.45) is 0 Å². The third-order valence-corrected chi connectivity index (χ3v) is 2.92. The van der Waals surface area contributed by atoms with Gasteiger partial charge in [0.1, 0.15) is 5.75 Å². The molecule has 0 amide bonds. The van der Waals surface area contributed by atoms with E-state index in [2.05, 4.69) is 4.18 Å². The van der Waals surface area contributed by atoms with Crippen LogP contribution in [0.1, 0.15) is 20.7 Å². The van der Waals surface area contributed by atoms with Gasteiger partial charge in [-0.1, -0.05) is 0 Å². The maximum atomic E-state index is 12.1. The van der Waals surface area contributed by atoms with Gasteiger partial charge >= 0.3 is 27.6 Å². The number of carboxylic acid groups (broad SMARTS) is 2. The maximum Gasteiger partial charge on any atom is 0.534 e. The number of carbonyl (C=O) groups is 2. The minimum atomic E-state index is -5.97. The van der Waals surface area contributed by atoms with Gasteiger partial charge in [-0.05, 0) is 18.2 Å². The first-order valence-electron chi connectivity index (χ1n) is 4.57. The second-order valence-electron chi connectivity index (χ2n) is 3.30. The first-order chi connectivity index (χ1) is 8.95. The molecule has 2 N–H and O–H groups in total. The Morgan fingerprint density at radius 1 is 1.05 bits per heavy atom. The van der Waals surface area contributed by atoms with Crippen LogP contribution in [0, 0.1) is 0 Å². The van der Waals surface area contributed by atoms with E-state index in [1.165, 1.54) is 0 Å². The zero-order valence-electron chi connectivity index (χ0n) is 9.21. The fourth-order valence-corrected chi connectivity index (χ4v) is 1.56. The lowest BCUT2D eigenvalue weighted by molar-refractivity contribution is -0.0500. The van der Waals surface area contributed by atoms with E-state index in [0.717, 1.165) is 0 Å². The summed E-state index contributed by atoms with van der Waals surface area (Å²) in [5, 5.41) is 17.4. The molecule has 20 heavy (non-hydrogen) atoms. The van der Waals surface area contributed by atoms with Crippen molar-refractivity contribution in [1.82, 2.24) is 0 Å². The lowest BCUT2D eigenvalue weighted by Crippen LogP contribution is -2.28. The molecule has 1 aromatic rings. The number of hydrogen-bond donors (Lipinski definition) is 2. The first kappa shape index (κ1) is 15.8. The molecule has 110 valence electrons. The third-order valence-electron chi connectivity index (χ3n) is 1.94. The Morgan fingerprint density at radius 3 is 1.95 bits per heavy atom. The lowest BCUT2D eigenvalue weighted by atomic mass is 10.1. The molecule has 0 aromatic heterocycles. The molecule has 7 nitrogen and oxygen atoms in total. The van der Waals surface area contributed by atoms with Gasteiger partial charge in [-0.2, -0.15) is 21.6 Å². The van der Waals surface area contributed by atoms with Crippen molar-refractivity contribution in [3.05, 3.63) is 29.3 Å². The molecule has 11 heteroatoms. The SMILES string of the molecule is O=C(O)c1ccc(OS(=O)(=O)C(F)(F)F)cc1C(=O)O. The molecule has 0 fully saturated rings. The van der Waals surface area contributed by atoms with Crippen molar-refractivity contribution in [2.45, 2.75) is 5.51 Å². The summed E-state index contributed by atoms with van der Waals surface area (Å²) < 4.78 is 61.3. The monoisotopic (exact) mass is 314 g/mol.